The molecule has 218 valence electrons. The van der Waals surface area contributed by atoms with Crippen molar-refractivity contribution in [3.63, 3.8) is 0 Å². The molecule has 0 N–H and O–H groups in total. The van der Waals surface area contributed by atoms with Gasteiger partial charge in [0.25, 0.3) is 5.91 Å². The third-order valence-corrected chi connectivity index (χ3v) is 8.53. The first-order valence-electron chi connectivity index (χ1n) is 13.6. The van der Waals surface area contributed by atoms with Crippen LogP contribution in [0.4, 0.5) is 5.69 Å². The van der Waals surface area contributed by atoms with Crippen LogP contribution in [-0.2, 0) is 14.3 Å². The zero-order valence-corrected chi connectivity index (χ0v) is 25.2. The van der Waals surface area contributed by atoms with Crippen LogP contribution in [0.5, 0.6) is 11.5 Å². The van der Waals surface area contributed by atoms with Gasteiger partial charge in [-0.2, -0.15) is 0 Å². The van der Waals surface area contributed by atoms with E-state index < -0.39 is 5.97 Å². The molecular weight excluding hydrogens is 552 g/mol. The van der Waals surface area contributed by atoms with Gasteiger partial charge in [0.1, 0.15) is 0 Å². The van der Waals surface area contributed by atoms with E-state index in [0.29, 0.717) is 42.3 Å². The lowest BCUT2D eigenvalue weighted by molar-refractivity contribution is -0.117. The first kappa shape index (κ1) is 29.3. The minimum atomic E-state index is -0.662. The number of amides is 1. The van der Waals surface area contributed by atoms with E-state index in [-0.39, 0.29) is 17.2 Å². The molecule has 42 heavy (non-hydrogen) atoms. The zero-order valence-electron chi connectivity index (χ0n) is 24.4. The number of ether oxygens (including phenoxy) is 4. The lowest BCUT2D eigenvalue weighted by Gasteiger charge is -2.25. The number of fused-ring (bicyclic) bond motifs is 3. The summed E-state index contributed by atoms with van der Waals surface area (Å²) in [5, 5.41) is 2.09. The van der Waals surface area contributed by atoms with Gasteiger partial charge in [-0.05, 0) is 67.2 Å². The van der Waals surface area contributed by atoms with Crippen LogP contribution in [-0.4, -0.2) is 65.3 Å². The monoisotopic (exact) mass is 586 g/mol. The fourth-order valence-electron chi connectivity index (χ4n) is 4.94. The van der Waals surface area contributed by atoms with Gasteiger partial charge >= 0.3 is 5.97 Å². The number of rotatable bonds is 9. The number of carbonyl (C=O) groups is 2. The van der Waals surface area contributed by atoms with Crippen LogP contribution in [0, 0.1) is 0 Å². The SMILES string of the molecule is COC1=CC=C(C2=C(OC(=O)c3ccc(OC)c(OC)c3)C(=O)N(CCN(C)C)c3ccc4ccccc4c3S2)CC1. The topological polar surface area (TPSA) is 77.5 Å². The number of hydrogen-bond acceptors (Lipinski definition) is 8. The molecule has 0 saturated carbocycles. The van der Waals surface area contributed by atoms with Crippen molar-refractivity contribution in [3.8, 4) is 11.5 Å². The Kier molecular flexibility index (Phi) is 8.89. The highest BCUT2D eigenvalue weighted by Gasteiger charge is 2.35. The molecule has 1 aliphatic heterocycles. The lowest BCUT2D eigenvalue weighted by atomic mass is 10.0. The molecule has 5 rings (SSSR count). The molecule has 0 bridgehead atoms. The summed E-state index contributed by atoms with van der Waals surface area (Å²) < 4.78 is 22.2. The van der Waals surface area contributed by atoms with Crippen LogP contribution in [0.3, 0.4) is 0 Å². The molecule has 0 atom stereocenters. The average Bonchev–Trinajstić information content (AvgIpc) is 3.13. The van der Waals surface area contributed by atoms with Crippen LogP contribution in [0.2, 0.25) is 0 Å². The molecule has 1 heterocycles. The van der Waals surface area contributed by atoms with E-state index >= 15 is 0 Å². The van der Waals surface area contributed by atoms with E-state index in [0.717, 1.165) is 32.7 Å². The second kappa shape index (κ2) is 12.8. The van der Waals surface area contributed by atoms with Crippen LogP contribution in [0.15, 0.2) is 93.6 Å². The number of hydrogen-bond donors (Lipinski definition) is 0. The van der Waals surface area contributed by atoms with Gasteiger partial charge in [0.2, 0.25) is 5.76 Å². The number of likely N-dealkylation sites (N-methyl/N-ethyl adjacent to an activating group) is 1. The van der Waals surface area contributed by atoms with Crippen molar-refractivity contribution >= 4 is 40.1 Å². The normalized spacial score (nSPS) is 15.2. The Bertz CT molecular complexity index is 1620. The first-order chi connectivity index (χ1) is 20.3. The Morgan fingerprint density at radius 1 is 0.929 bits per heavy atom. The summed E-state index contributed by atoms with van der Waals surface area (Å²) in [7, 11) is 8.60. The molecule has 0 unspecified atom stereocenters. The number of allylic oxidation sites excluding steroid dienone is 4. The van der Waals surface area contributed by atoms with Gasteiger partial charge < -0.3 is 28.7 Å². The summed E-state index contributed by atoms with van der Waals surface area (Å²) in [4.78, 5) is 33.4. The summed E-state index contributed by atoms with van der Waals surface area (Å²) in [6, 6.07) is 16.9. The van der Waals surface area contributed by atoms with Crippen molar-refractivity contribution in [1.29, 1.82) is 0 Å². The van der Waals surface area contributed by atoms with Crippen molar-refractivity contribution in [1.82, 2.24) is 4.90 Å². The molecule has 1 amide bonds. The molecule has 0 saturated heterocycles. The van der Waals surface area contributed by atoms with Crippen molar-refractivity contribution in [2.75, 3.05) is 53.4 Å². The largest absolute Gasteiger partial charge is 0.501 e. The second-order valence-electron chi connectivity index (χ2n) is 10.1. The molecule has 3 aromatic carbocycles. The first-order valence-corrected chi connectivity index (χ1v) is 14.4. The van der Waals surface area contributed by atoms with Crippen LogP contribution < -0.4 is 14.4 Å². The van der Waals surface area contributed by atoms with E-state index in [1.807, 2.05) is 55.4 Å². The van der Waals surface area contributed by atoms with Crippen molar-refractivity contribution in [2.45, 2.75) is 17.7 Å². The van der Waals surface area contributed by atoms with Gasteiger partial charge in [0, 0.05) is 24.4 Å². The Balaban J connectivity index is 1.68. The standard InChI is InChI=1S/C33H34N2O6S/c1-34(2)18-19-35-26-16-12-21-8-6-7-9-25(21)31(26)42-30(22-10-14-24(38-3)15-11-22)29(32(35)36)41-33(37)23-13-17-27(39-4)28(20-23)40-5/h6-10,12-14,16-17,20H,11,15,18-19H2,1-5H3. The van der Waals surface area contributed by atoms with Crippen LogP contribution in [0.25, 0.3) is 10.8 Å². The molecule has 3 aromatic rings. The molecule has 8 nitrogen and oxygen atoms in total. The van der Waals surface area contributed by atoms with Crippen molar-refractivity contribution < 1.29 is 28.5 Å². The summed E-state index contributed by atoms with van der Waals surface area (Å²) in [6.45, 7) is 1.03. The maximum absolute atomic E-state index is 14.5. The van der Waals surface area contributed by atoms with E-state index in [9.17, 15) is 9.59 Å². The fraction of sp³-hybridized carbons (Fsp3) is 0.273. The summed E-state index contributed by atoms with van der Waals surface area (Å²) in [5.41, 5.74) is 1.92. The Morgan fingerprint density at radius 2 is 1.71 bits per heavy atom. The zero-order chi connectivity index (χ0) is 29.8. The van der Waals surface area contributed by atoms with Crippen molar-refractivity contribution in [2.24, 2.45) is 0 Å². The predicted octanol–water partition coefficient (Wildman–Crippen LogP) is 6.18. The predicted molar refractivity (Wildman–Crippen MR) is 165 cm³/mol. The van der Waals surface area contributed by atoms with Gasteiger partial charge in [-0.15, -0.1) is 0 Å². The third kappa shape index (κ3) is 5.89. The molecule has 1 aliphatic carbocycles. The smallest absolute Gasteiger partial charge is 0.343 e. The Hall–Kier alpha value is -4.21. The molecular formula is C33H34N2O6S. The number of benzene rings is 3. The van der Waals surface area contributed by atoms with E-state index in [1.54, 1.807) is 30.2 Å². The summed E-state index contributed by atoms with van der Waals surface area (Å²) in [5.74, 6) is 0.697. The quantitative estimate of drug-likeness (QED) is 0.275. The highest BCUT2D eigenvalue weighted by molar-refractivity contribution is 8.03. The fourth-order valence-corrected chi connectivity index (χ4v) is 6.25. The number of anilines is 1. The summed E-state index contributed by atoms with van der Waals surface area (Å²) >= 11 is 1.47. The summed E-state index contributed by atoms with van der Waals surface area (Å²) in [6.07, 6.45) is 5.15. The van der Waals surface area contributed by atoms with Gasteiger partial charge in [0.05, 0.1) is 43.2 Å². The average molecular weight is 587 g/mol. The molecule has 0 spiro atoms. The molecule has 2 aliphatic rings. The Morgan fingerprint density at radius 3 is 2.40 bits per heavy atom. The highest BCUT2D eigenvalue weighted by atomic mass is 32.2. The number of esters is 1. The maximum Gasteiger partial charge on any atom is 0.343 e. The molecule has 0 aromatic heterocycles. The number of nitrogens with zero attached hydrogens (tertiary/aromatic N) is 2. The molecule has 9 heteroatoms. The van der Waals surface area contributed by atoms with Gasteiger partial charge in [0.15, 0.2) is 11.5 Å². The van der Waals surface area contributed by atoms with Crippen molar-refractivity contribution in [3.05, 3.63) is 94.3 Å². The lowest BCUT2D eigenvalue weighted by Crippen LogP contribution is -2.38. The van der Waals surface area contributed by atoms with Gasteiger partial charge in [-0.3, -0.25) is 4.79 Å². The van der Waals surface area contributed by atoms with Crippen LogP contribution >= 0.6 is 11.8 Å². The second-order valence-corrected chi connectivity index (χ2v) is 11.2. The van der Waals surface area contributed by atoms with Crippen LogP contribution in [0.1, 0.15) is 23.2 Å². The molecule has 0 radical (unpaired) electrons. The number of thioether (sulfide) groups is 1. The van der Waals surface area contributed by atoms with Gasteiger partial charge in [-0.1, -0.05) is 48.2 Å². The maximum atomic E-state index is 14.5. The van der Waals surface area contributed by atoms with Gasteiger partial charge in [-0.25, -0.2) is 4.79 Å². The minimum Gasteiger partial charge on any atom is -0.501 e. The number of carbonyl (C=O) groups excluding carboxylic acids is 2. The minimum absolute atomic E-state index is 0.000612. The van der Waals surface area contributed by atoms with E-state index in [1.165, 1.54) is 26.0 Å². The number of methoxy groups -OCH3 is 3. The highest BCUT2D eigenvalue weighted by Crippen LogP contribution is 2.48. The van der Waals surface area contributed by atoms with E-state index in [2.05, 4.69) is 12.1 Å². The third-order valence-electron chi connectivity index (χ3n) is 7.25. The molecule has 0 fully saturated rings. The van der Waals surface area contributed by atoms with E-state index in [4.69, 9.17) is 18.9 Å². The Labute approximate surface area is 250 Å².